The van der Waals surface area contributed by atoms with Crippen molar-refractivity contribution in [3.63, 3.8) is 0 Å². The monoisotopic (exact) mass is 716 g/mol. The van der Waals surface area contributed by atoms with Crippen LogP contribution < -0.4 is 14.9 Å². The van der Waals surface area contributed by atoms with E-state index in [-0.39, 0.29) is 12.4 Å². The number of benzene rings is 3. The zero-order valence-electron chi connectivity index (χ0n) is 18.6. The van der Waals surface area contributed by atoms with E-state index in [4.69, 9.17) is 37.1 Å². The molecule has 0 atom stereocenters. The van der Waals surface area contributed by atoms with Gasteiger partial charge in [-0.25, -0.2) is 5.43 Å². The molecule has 0 aliphatic rings. The number of halogens is 5. The fourth-order valence-corrected chi connectivity index (χ4v) is 5.31. The molecule has 0 radical (unpaired) electrons. The van der Waals surface area contributed by atoms with Crippen LogP contribution in [0.15, 0.2) is 71.5 Å². The van der Waals surface area contributed by atoms with Crippen molar-refractivity contribution in [3.05, 3.63) is 88.9 Å². The van der Waals surface area contributed by atoms with Gasteiger partial charge in [0.2, 0.25) is 0 Å². The van der Waals surface area contributed by atoms with Gasteiger partial charge in [-0.2, -0.15) is 5.10 Å². The van der Waals surface area contributed by atoms with E-state index in [1.807, 2.05) is 25.1 Å². The molecule has 3 aromatic carbocycles. The maximum Gasteiger partial charge on any atom is 0.307 e. The maximum absolute atomic E-state index is 12.6. The van der Waals surface area contributed by atoms with Crippen molar-refractivity contribution in [2.45, 2.75) is 13.5 Å². The summed E-state index contributed by atoms with van der Waals surface area (Å²) in [5.41, 5.74) is 4.60. The van der Waals surface area contributed by atoms with Gasteiger partial charge in [0.05, 0.1) is 27.3 Å². The molecule has 0 bridgehead atoms. The summed E-state index contributed by atoms with van der Waals surface area (Å²) in [6.07, 6.45) is 1.50. The van der Waals surface area contributed by atoms with Crippen LogP contribution in [0.5, 0.6) is 11.5 Å². The summed E-state index contributed by atoms with van der Waals surface area (Å²) in [4.78, 5) is 12.6. The first-order chi connectivity index (χ1) is 17.2. The average molecular weight is 720 g/mol. The summed E-state index contributed by atoms with van der Waals surface area (Å²) < 4.78 is 19.7. The molecule has 1 heterocycles. The number of nitrogens with one attached hydrogen (secondary N) is 1. The number of carbonyl (C=O) groups excluding carboxylic acids is 1. The Morgan fingerprint density at radius 3 is 2.53 bits per heavy atom. The minimum Gasteiger partial charge on any atom is -0.490 e. The Hall–Kier alpha value is -2.04. The Balaban J connectivity index is 1.48. The lowest BCUT2D eigenvalue weighted by Crippen LogP contribution is -2.16. The Morgan fingerprint density at radius 1 is 1.00 bits per heavy atom. The third-order valence-electron chi connectivity index (χ3n) is 4.87. The molecule has 1 aromatic heterocycles. The lowest BCUT2D eigenvalue weighted by molar-refractivity contribution is 0.0929. The highest BCUT2D eigenvalue weighted by molar-refractivity contribution is 9.11. The van der Waals surface area contributed by atoms with Crippen molar-refractivity contribution < 1.29 is 18.7 Å². The van der Waals surface area contributed by atoms with E-state index in [1.165, 1.54) is 6.21 Å². The SMILES string of the molecule is CCOc1cc(/C=N\NC(=O)c2cc3cc(Br)cc(Br)c3o2)c(Br)cc1OCc1ccc(Cl)c(Cl)c1. The van der Waals surface area contributed by atoms with Gasteiger partial charge in [0.25, 0.3) is 0 Å². The van der Waals surface area contributed by atoms with Gasteiger partial charge in [0, 0.05) is 19.9 Å². The first-order valence-corrected chi connectivity index (χ1v) is 13.6. The smallest absolute Gasteiger partial charge is 0.307 e. The lowest BCUT2D eigenvalue weighted by Gasteiger charge is -2.14. The summed E-state index contributed by atoms with van der Waals surface area (Å²) in [6, 6.07) is 14.2. The van der Waals surface area contributed by atoms with Crippen LogP contribution in [-0.2, 0) is 6.61 Å². The fraction of sp³-hybridized carbons (Fsp3) is 0.120. The number of ether oxygens (including phenoxy) is 2. The summed E-state index contributed by atoms with van der Waals surface area (Å²) in [5, 5.41) is 5.80. The maximum atomic E-state index is 12.6. The molecular formula is C25H17Br3Cl2N2O4. The molecular weight excluding hydrogens is 703 g/mol. The number of furan rings is 1. The molecule has 4 aromatic rings. The third kappa shape index (κ3) is 6.44. The van der Waals surface area contributed by atoms with Crippen LogP contribution in [0.3, 0.4) is 0 Å². The van der Waals surface area contributed by atoms with Gasteiger partial charge in [-0.05, 0) is 86.8 Å². The highest BCUT2D eigenvalue weighted by atomic mass is 79.9. The predicted octanol–water partition coefficient (Wildman–Crippen LogP) is 8.77. The summed E-state index contributed by atoms with van der Waals surface area (Å²) in [7, 11) is 0. The number of amides is 1. The fourth-order valence-electron chi connectivity index (χ4n) is 3.22. The minimum atomic E-state index is -0.479. The van der Waals surface area contributed by atoms with E-state index in [0.717, 1.165) is 19.9 Å². The summed E-state index contributed by atoms with van der Waals surface area (Å²) in [5.74, 6) is 0.727. The van der Waals surface area contributed by atoms with E-state index in [9.17, 15) is 4.79 Å². The van der Waals surface area contributed by atoms with Crippen molar-refractivity contribution in [1.29, 1.82) is 0 Å². The van der Waals surface area contributed by atoms with E-state index in [2.05, 4.69) is 58.3 Å². The van der Waals surface area contributed by atoms with Crippen LogP contribution >= 0.6 is 71.0 Å². The van der Waals surface area contributed by atoms with Crippen LogP contribution in [0.1, 0.15) is 28.6 Å². The number of rotatable bonds is 8. The largest absolute Gasteiger partial charge is 0.490 e. The quantitative estimate of drug-likeness (QED) is 0.146. The molecule has 0 saturated carbocycles. The van der Waals surface area contributed by atoms with Gasteiger partial charge in [-0.15, -0.1) is 0 Å². The van der Waals surface area contributed by atoms with E-state index in [1.54, 1.807) is 30.3 Å². The zero-order chi connectivity index (χ0) is 25.8. The Bertz CT molecular complexity index is 1470. The number of hydrazone groups is 1. The average Bonchev–Trinajstić information content (AvgIpc) is 3.26. The third-order valence-corrected chi connectivity index (χ3v) is 7.34. The standard InChI is InChI=1S/C25H17Br3Cl2N2O4/c1-2-34-21-8-15(17(27)10-22(21)35-12-13-3-4-19(29)20(30)5-13)11-31-32-25(33)23-7-14-6-16(26)9-18(28)24(14)36-23/h3-11H,2,12H2,1H3,(H,32,33)/b31-11-. The second kappa shape index (κ2) is 12.0. The molecule has 6 nitrogen and oxygen atoms in total. The number of fused-ring (bicyclic) bond motifs is 1. The first-order valence-electron chi connectivity index (χ1n) is 10.5. The number of hydrogen-bond acceptors (Lipinski definition) is 5. The zero-order valence-corrected chi connectivity index (χ0v) is 24.9. The molecule has 0 saturated heterocycles. The van der Waals surface area contributed by atoms with E-state index >= 15 is 0 Å². The predicted molar refractivity (Wildman–Crippen MR) is 153 cm³/mol. The molecule has 11 heteroatoms. The van der Waals surface area contributed by atoms with Gasteiger partial charge in [-0.3, -0.25) is 4.79 Å². The number of hydrogen-bond donors (Lipinski definition) is 1. The second-order valence-corrected chi connectivity index (χ2v) is 10.8. The van der Waals surface area contributed by atoms with Gasteiger partial charge in [-0.1, -0.05) is 45.2 Å². The summed E-state index contributed by atoms with van der Waals surface area (Å²) in [6.45, 7) is 2.59. The van der Waals surface area contributed by atoms with Crippen LogP contribution in [-0.4, -0.2) is 18.7 Å². The van der Waals surface area contributed by atoms with Crippen LogP contribution in [0.25, 0.3) is 11.0 Å². The van der Waals surface area contributed by atoms with E-state index < -0.39 is 5.91 Å². The van der Waals surface area contributed by atoms with Crippen molar-refractivity contribution in [2.24, 2.45) is 5.10 Å². The Morgan fingerprint density at radius 2 is 1.78 bits per heavy atom. The second-order valence-electron chi connectivity index (χ2n) is 7.41. The molecule has 4 rings (SSSR count). The van der Waals surface area contributed by atoms with Crippen molar-refractivity contribution in [1.82, 2.24) is 5.43 Å². The van der Waals surface area contributed by atoms with Gasteiger partial charge >= 0.3 is 5.91 Å². The molecule has 0 aliphatic heterocycles. The molecule has 36 heavy (non-hydrogen) atoms. The Labute approximate surface area is 242 Å². The van der Waals surface area contributed by atoms with Gasteiger partial charge in [0.1, 0.15) is 12.2 Å². The normalized spacial score (nSPS) is 11.3. The highest BCUT2D eigenvalue weighted by Crippen LogP contribution is 2.34. The number of nitrogens with zero attached hydrogens (tertiary/aromatic N) is 1. The molecule has 1 amide bonds. The van der Waals surface area contributed by atoms with Crippen LogP contribution in [0.2, 0.25) is 10.0 Å². The molecule has 1 N–H and O–H groups in total. The first kappa shape index (κ1) is 27.0. The summed E-state index contributed by atoms with van der Waals surface area (Å²) >= 11 is 22.5. The van der Waals surface area contributed by atoms with Gasteiger partial charge in [0.15, 0.2) is 17.3 Å². The molecule has 186 valence electrons. The molecule has 0 fully saturated rings. The van der Waals surface area contributed by atoms with Crippen molar-refractivity contribution in [2.75, 3.05) is 6.61 Å². The van der Waals surface area contributed by atoms with Crippen molar-refractivity contribution in [3.8, 4) is 11.5 Å². The molecule has 0 unspecified atom stereocenters. The van der Waals surface area contributed by atoms with Crippen LogP contribution in [0.4, 0.5) is 0 Å². The Kier molecular flexibility index (Phi) is 9.00. The number of carbonyl (C=O) groups is 1. The highest BCUT2D eigenvalue weighted by Gasteiger charge is 2.15. The molecule has 0 spiro atoms. The lowest BCUT2D eigenvalue weighted by atomic mass is 10.2. The van der Waals surface area contributed by atoms with E-state index in [0.29, 0.717) is 43.8 Å². The topological polar surface area (TPSA) is 73.1 Å². The van der Waals surface area contributed by atoms with Crippen molar-refractivity contribution >= 4 is 94.1 Å². The minimum absolute atomic E-state index is 0.140. The van der Waals surface area contributed by atoms with Crippen LogP contribution in [0, 0.1) is 0 Å². The van der Waals surface area contributed by atoms with Gasteiger partial charge < -0.3 is 13.9 Å². The molecule has 0 aliphatic carbocycles.